The van der Waals surface area contributed by atoms with Gasteiger partial charge in [-0.1, -0.05) is 29.9 Å². The monoisotopic (exact) mass is 445 g/mol. The van der Waals surface area contributed by atoms with Crippen molar-refractivity contribution in [2.45, 2.75) is 31.1 Å². The summed E-state index contributed by atoms with van der Waals surface area (Å²) in [4.78, 5) is 16.9. The number of nitrogens with one attached hydrogen (secondary N) is 1. The van der Waals surface area contributed by atoms with Crippen LogP contribution in [0, 0.1) is 6.92 Å². The number of piperidine rings is 1. The Morgan fingerprint density at radius 2 is 1.97 bits per heavy atom. The van der Waals surface area contributed by atoms with E-state index < -0.39 is 10.0 Å². The molecule has 0 saturated carbocycles. The SMILES string of the molecule is Cc1cccc(OCC(=O)Nc2nc3ccc(S(=O)(=O)N4CCCCC4)cc3s2)c1. The lowest BCUT2D eigenvalue weighted by molar-refractivity contribution is -0.118. The van der Waals surface area contributed by atoms with Gasteiger partial charge in [0.25, 0.3) is 5.91 Å². The predicted molar refractivity (Wildman–Crippen MR) is 118 cm³/mol. The number of carbonyl (C=O) groups excluding carboxylic acids is 1. The van der Waals surface area contributed by atoms with Crippen LogP contribution < -0.4 is 10.1 Å². The number of sulfonamides is 1. The number of amides is 1. The fourth-order valence-electron chi connectivity index (χ4n) is 3.38. The molecule has 1 saturated heterocycles. The van der Waals surface area contributed by atoms with E-state index >= 15 is 0 Å². The Bertz CT molecular complexity index is 1170. The van der Waals surface area contributed by atoms with Crippen LogP contribution in [-0.4, -0.2) is 43.3 Å². The van der Waals surface area contributed by atoms with Gasteiger partial charge in [-0.2, -0.15) is 4.31 Å². The average Bonchev–Trinajstić information content (AvgIpc) is 3.14. The standard InChI is InChI=1S/C21H23N3O4S2/c1-15-6-5-7-16(12-15)28-14-20(25)23-21-22-18-9-8-17(13-19(18)29-21)30(26,27)24-10-3-2-4-11-24/h5-9,12-13H,2-4,10-11,14H2,1H3,(H,22,23,25). The number of nitrogens with zero attached hydrogens (tertiary/aromatic N) is 2. The second-order valence-electron chi connectivity index (χ2n) is 7.27. The first-order valence-electron chi connectivity index (χ1n) is 9.82. The average molecular weight is 446 g/mol. The second-order valence-corrected chi connectivity index (χ2v) is 10.2. The van der Waals surface area contributed by atoms with Crippen molar-refractivity contribution < 1.29 is 17.9 Å². The number of rotatable bonds is 6. The Morgan fingerprint density at radius 1 is 1.17 bits per heavy atom. The second kappa shape index (κ2) is 8.71. The number of anilines is 1. The molecule has 0 unspecified atom stereocenters. The Hall–Kier alpha value is -2.49. The van der Waals surface area contributed by atoms with E-state index in [4.69, 9.17) is 4.74 Å². The number of aromatic nitrogens is 1. The molecule has 1 aliphatic heterocycles. The zero-order chi connectivity index (χ0) is 21.1. The van der Waals surface area contributed by atoms with Crippen molar-refractivity contribution in [2.24, 2.45) is 0 Å². The third-order valence-electron chi connectivity index (χ3n) is 4.92. The first kappa shape index (κ1) is 20.8. The van der Waals surface area contributed by atoms with Gasteiger partial charge in [0.05, 0.1) is 15.1 Å². The molecule has 1 aromatic heterocycles. The van der Waals surface area contributed by atoms with Crippen LogP contribution >= 0.6 is 11.3 Å². The van der Waals surface area contributed by atoms with Gasteiger partial charge in [0.2, 0.25) is 10.0 Å². The van der Waals surface area contributed by atoms with Gasteiger partial charge in [0.15, 0.2) is 11.7 Å². The van der Waals surface area contributed by atoms with Crippen molar-refractivity contribution in [1.29, 1.82) is 0 Å². The number of hydrogen-bond donors (Lipinski definition) is 1. The Balaban J connectivity index is 1.45. The van der Waals surface area contributed by atoms with E-state index in [0.717, 1.165) is 24.8 Å². The first-order valence-corrected chi connectivity index (χ1v) is 12.1. The normalized spacial score (nSPS) is 15.2. The van der Waals surface area contributed by atoms with Gasteiger partial charge in [-0.3, -0.25) is 10.1 Å². The van der Waals surface area contributed by atoms with Crippen LogP contribution in [-0.2, 0) is 14.8 Å². The molecule has 0 radical (unpaired) electrons. The molecule has 1 N–H and O–H groups in total. The van der Waals surface area contributed by atoms with Crippen LogP contribution in [0.4, 0.5) is 5.13 Å². The third kappa shape index (κ3) is 4.63. The quantitative estimate of drug-likeness (QED) is 0.624. The maximum atomic E-state index is 12.9. The van der Waals surface area contributed by atoms with Crippen LogP contribution in [0.1, 0.15) is 24.8 Å². The molecule has 1 aliphatic rings. The molecule has 3 aromatic rings. The number of hydrogen-bond acceptors (Lipinski definition) is 6. The van der Waals surface area contributed by atoms with Gasteiger partial charge in [0.1, 0.15) is 5.75 Å². The van der Waals surface area contributed by atoms with Gasteiger partial charge >= 0.3 is 0 Å². The maximum Gasteiger partial charge on any atom is 0.264 e. The fourth-order valence-corrected chi connectivity index (χ4v) is 5.92. The number of carbonyl (C=O) groups is 1. The Morgan fingerprint density at radius 3 is 2.73 bits per heavy atom. The number of aryl methyl sites for hydroxylation is 1. The third-order valence-corrected chi connectivity index (χ3v) is 7.75. The summed E-state index contributed by atoms with van der Waals surface area (Å²) in [5, 5.41) is 3.13. The zero-order valence-corrected chi connectivity index (χ0v) is 18.3. The first-order chi connectivity index (χ1) is 14.4. The summed E-state index contributed by atoms with van der Waals surface area (Å²) in [5.74, 6) is 0.304. The molecule has 0 atom stereocenters. The minimum Gasteiger partial charge on any atom is -0.484 e. The lowest BCUT2D eigenvalue weighted by Crippen LogP contribution is -2.35. The highest BCUT2D eigenvalue weighted by Gasteiger charge is 2.26. The minimum absolute atomic E-state index is 0.131. The maximum absolute atomic E-state index is 12.9. The largest absolute Gasteiger partial charge is 0.484 e. The summed E-state index contributed by atoms with van der Waals surface area (Å²) in [5.41, 5.74) is 1.70. The zero-order valence-electron chi connectivity index (χ0n) is 16.6. The van der Waals surface area contributed by atoms with Gasteiger partial charge in [-0.15, -0.1) is 0 Å². The van der Waals surface area contributed by atoms with Crippen molar-refractivity contribution in [3.63, 3.8) is 0 Å². The molecule has 2 heterocycles. The van der Waals surface area contributed by atoms with E-state index in [2.05, 4.69) is 10.3 Å². The smallest absolute Gasteiger partial charge is 0.264 e. The molecular formula is C21H23N3O4S2. The van der Waals surface area contributed by atoms with Crippen molar-refractivity contribution in [3.05, 3.63) is 48.0 Å². The number of ether oxygens (including phenoxy) is 1. The van der Waals surface area contributed by atoms with E-state index in [1.165, 1.54) is 11.3 Å². The topological polar surface area (TPSA) is 88.6 Å². The van der Waals surface area contributed by atoms with Crippen LogP contribution in [0.3, 0.4) is 0 Å². The minimum atomic E-state index is -3.51. The number of benzene rings is 2. The summed E-state index contributed by atoms with van der Waals surface area (Å²) < 4.78 is 33.5. The molecule has 158 valence electrons. The highest BCUT2D eigenvalue weighted by atomic mass is 32.2. The summed E-state index contributed by atoms with van der Waals surface area (Å²) in [6.07, 6.45) is 2.85. The molecule has 4 rings (SSSR count). The molecule has 1 fully saturated rings. The van der Waals surface area contributed by atoms with Crippen LogP contribution in [0.15, 0.2) is 47.4 Å². The van der Waals surface area contributed by atoms with E-state index in [9.17, 15) is 13.2 Å². The van der Waals surface area contributed by atoms with Crippen molar-refractivity contribution in [2.75, 3.05) is 25.0 Å². The molecule has 0 aliphatic carbocycles. The highest BCUT2D eigenvalue weighted by molar-refractivity contribution is 7.89. The summed E-state index contributed by atoms with van der Waals surface area (Å²) in [6.45, 7) is 2.94. The number of thiazole rings is 1. The van der Waals surface area contributed by atoms with Gasteiger partial charge < -0.3 is 4.74 Å². The van der Waals surface area contributed by atoms with Gasteiger partial charge in [-0.05, 0) is 55.7 Å². The van der Waals surface area contributed by atoms with Crippen LogP contribution in [0.5, 0.6) is 5.75 Å². The lowest BCUT2D eigenvalue weighted by atomic mass is 10.2. The number of fused-ring (bicyclic) bond motifs is 1. The molecule has 9 heteroatoms. The van der Waals surface area contributed by atoms with Gasteiger partial charge in [0, 0.05) is 13.1 Å². The molecule has 0 spiro atoms. The van der Waals surface area contributed by atoms with Crippen molar-refractivity contribution in [3.8, 4) is 5.75 Å². The summed E-state index contributed by atoms with van der Waals surface area (Å²) >= 11 is 1.25. The van der Waals surface area contributed by atoms with E-state index in [1.54, 1.807) is 28.6 Å². The lowest BCUT2D eigenvalue weighted by Gasteiger charge is -2.25. The summed E-state index contributed by atoms with van der Waals surface area (Å²) in [7, 11) is -3.51. The Labute approximate surface area is 179 Å². The summed E-state index contributed by atoms with van der Waals surface area (Å²) in [6, 6.07) is 12.4. The van der Waals surface area contributed by atoms with E-state index in [0.29, 0.717) is 34.2 Å². The highest BCUT2D eigenvalue weighted by Crippen LogP contribution is 2.30. The molecule has 30 heavy (non-hydrogen) atoms. The Kier molecular flexibility index (Phi) is 6.03. The van der Waals surface area contributed by atoms with Crippen LogP contribution in [0.2, 0.25) is 0 Å². The van der Waals surface area contributed by atoms with Gasteiger partial charge in [-0.25, -0.2) is 13.4 Å². The van der Waals surface area contributed by atoms with Crippen LogP contribution in [0.25, 0.3) is 10.2 Å². The van der Waals surface area contributed by atoms with Crippen molar-refractivity contribution in [1.82, 2.24) is 9.29 Å². The molecular weight excluding hydrogens is 422 g/mol. The fraction of sp³-hybridized carbons (Fsp3) is 0.333. The van der Waals surface area contributed by atoms with E-state index in [1.807, 2.05) is 25.1 Å². The van der Waals surface area contributed by atoms with Crippen molar-refractivity contribution >= 4 is 42.6 Å². The molecule has 0 bridgehead atoms. The predicted octanol–water partition coefficient (Wildman–Crippen LogP) is 3.80. The van der Waals surface area contributed by atoms with E-state index in [-0.39, 0.29) is 17.4 Å². The molecule has 7 nitrogen and oxygen atoms in total. The molecule has 1 amide bonds. The molecule has 2 aromatic carbocycles.